The van der Waals surface area contributed by atoms with Gasteiger partial charge in [-0.05, 0) is 37.5 Å². The minimum absolute atomic E-state index is 0.141. The molecule has 1 atom stereocenters. The summed E-state index contributed by atoms with van der Waals surface area (Å²) in [4.78, 5) is 27.8. The smallest absolute Gasteiger partial charge is 0.347 e. The molecular formula is C19H24N2O4S. The summed E-state index contributed by atoms with van der Waals surface area (Å²) in [6.45, 7) is 8.28. The maximum atomic E-state index is 12.2. The van der Waals surface area contributed by atoms with Gasteiger partial charge in [0.1, 0.15) is 15.6 Å². The molecule has 0 saturated carbocycles. The summed E-state index contributed by atoms with van der Waals surface area (Å²) in [5.41, 5.74) is 1.35. The number of aromatic carboxylic acids is 1. The van der Waals surface area contributed by atoms with Crippen LogP contribution in [0.15, 0.2) is 24.3 Å². The van der Waals surface area contributed by atoms with E-state index in [9.17, 15) is 9.59 Å². The van der Waals surface area contributed by atoms with Gasteiger partial charge in [-0.25, -0.2) is 9.78 Å². The Kier molecular flexibility index (Phi) is 6.74. The Balaban J connectivity index is 1.91. The number of thiazole rings is 1. The highest BCUT2D eigenvalue weighted by Crippen LogP contribution is 2.23. The minimum atomic E-state index is -0.996. The molecule has 1 aromatic heterocycles. The highest BCUT2D eigenvalue weighted by atomic mass is 32.1. The van der Waals surface area contributed by atoms with Crippen LogP contribution in [-0.2, 0) is 11.2 Å². The number of benzene rings is 1. The van der Waals surface area contributed by atoms with Gasteiger partial charge in [-0.2, -0.15) is 0 Å². The second kappa shape index (κ2) is 8.80. The largest absolute Gasteiger partial charge is 0.493 e. The second-order valence-electron chi connectivity index (χ2n) is 6.59. The van der Waals surface area contributed by atoms with Crippen molar-refractivity contribution in [3.63, 3.8) is 0 Å². The Labute approximate surface area is 157 Å². The molecule has 2 rings (SSSR count). The van der Waals surface area contributed by atoms with E-state index in [4.69, 9.17) is 9.84 Å². The summed E-state index contributed by atoms with van der Waals surface area (Å²) in [5, 5.41) is 12.6. The molecule has 6 nitrogen and oxygen atoms in total. The summed E-state index contributed by atoms with van der Waals surface area (Å²) in [5.74, 6) is 0.108. The van der Waals surface area contributed by atoms with Crippen LogP contribution in [-0.4, -0.2) is 28.6 Å². The van der Waals surface area contributed by atoms with Crippen molar-refractivity contribution in [2.75, 3.05) is 6.61 Å². The summed E-state index contributed by atoms with van der Waals surface area (Å²) in [7, 11) is 0. The zero-order chi connectivity index (χ0) is 19.3. The first-order valence-electron chi connectivity index (χ1n) is 8.48. The zero-order valence-corrected chi connectivity index (χ0v) is 16.2. The average molecular weight is 376 g/mol. The molecule has 1 heterocycles. The van der Waals surface area contributed by atoms with E-state index in [1.807, 2.05) is 24.3 Å². The van der Waals surface area contributed by atoms with Crippen LogP contribution >= 0.6 is 11.3 Å². The van der Waals surface area contributed by atoms with Crippen LogP contribution in [0.3, 0.4) is 0 Å². The van der Waals surface area contributed by atoms with Gasteiger partial charge in [0.05, 0.1) is 24.8 Å². The van der Waals surface area contributed by atoms with Crippen molar-refractivity contribution < 1.29 is 19.4 Å². The fourth-order valence-corrected chi connectivity index (χ4v) is 3.22. The Morgan fingerprint density at radius 2 is 1.88 bits per heavy atom. The number of amides is 1. The molecule has 1 aromatic carbocycles. The van der Waals surface area contributed by atoms with Crippen LogP contribution in [0.2, 0.25) is 0 Å². The topological polar surface area (TPSA) is 88.5 Å². The van der Waals surface area contributed by atoms with Crippen LogP contribution < -0.4 is 10.1 Å². The SMILES string of the molecule is Cc1nc(C(C)NC(=O)Cc2ccc(OCC(C)C)cc2)sc1C(=O)O. The van der Waals surface area contributed by atoms with Gasteiger partial charge in [0.2, 0.25) is 5.91 Å². The molecule has 1 unspecified atom stereocenters. The molecule has 0 fully saturated rings. The van der Waals surface area contributed by atoms with Gasteiger partial charge in [0, 0.05) is 0 Å². The maximum absolute atomic E-state index is 12.2. The van der Waals surface area contributed by atoms with Crippen molar-refractivity contribution in [2.24, 2.45) is 5.92 Å². The highest BCUT2D eigenvalue weighted by molar-refractivity contribution is 7.13. The number of ether oxygens (including phenoxy) is 1. The van der Waals surface area contributed by atoms with Crippen LogP contribution in [0.25, 0.3) is 0 Å². The van der Waals surface area contributed by atoms with E-state index < -0.39 is 5.97 Å². The first-order valence-corrected chi connectivity index (χ1v) is 9.29. The number of aryl methyl sites for hydroxylation is 1. The molecule has 1 amide bonds. The summed E-state index contributed by atoms with van der Waals surface area (Å²) >= 11 is 1.09. The van der Waals surface area contributed by atoms with Crippen molar-refractivity contribution in [2.45, 2.75) is 40.2 Å². The third-order valence-electron chi connectivity index (χ3n) is 3.63. The van der Waals surface area contributed by atoms with Crippen molar-refractivity contribution in [1.29, 1.82) is 0 Å². The number of carboxylic acids is 1. The molecule has 0 saturated heterocycles. The molecule has 0 aliphatic carbocycles. The third-order valence-corrected chi connectivity index (χ3v) is 4.95. The van der Waals surface area contributed by atoms with Crippen LogP contribution in [0.5, 0.6) is 5.75 Å². The van der Waals surface area contributed by atoms with Crippen LogP contribution in [0, 0.1) is 12.8 Å². The van der Waals surface area contributed by atoms with Crippen LogP contribution in [0.4, 0.5) is 0 Å². The Hall–Kier alpha value is -2.41. The fraction of sp³-hybridized carbons (Fsp3) is 0.421. The normalized spacial score (nSPS) is 12.0. The molecule has 0 spiro atoms. The second-order valence-corrected chi connectivity index (χ2v) is 7.62. The van der Waals surface area contributed by atoms with E-state index in [1.165, 1.54) is 0 Å². The molecule has 0 radical (unpaired) electrons. The quantitative estimate of drug-likeness (QED) is 0.735. The fourth-order valence-electron chi connectivity index (χ4n) is 2.31. The van der Waals surface area contributed by atoms with Crippen molar-refractivity contribution in [3.05, 3.63) is 45.4 Å². The molecule has 0 bridgehead atoms. The van der Waals surface area contributed by atoms with E-state index in [1.54, 1.807) is 13.8 Å². The average Bonchev–Trinajstić information content (AvgIpc) is 2.96. The van der Waals surface area contributed by atoms with E-state index in [0.29, 0.717) is 23.2 Å². The van der Waals surface area contributed by atoms with Gasteiger partial charge >= 0.3 is 5.97 Å². The highest BCUT2D eigenvalue weighted by Gasteiger charge is 2.19. The maximum Gasteiger partial charge on any atom is 0.347 e. The minimum Gasteiger partial charge on any atom is -0.493 e. The van der Waals surface area contributed by atoms with E-state index in [0.717, 1.165) is 22.6 Å². The van der Waals surface area contributed by atoms with Crippen molar-refractivity contribution >= 4 is 23.2 Å². The lowest BCUT2D eigenvalue weighted by molar-refractivity contribution is -0.121. The lowest BCUT2D eigenvalue weighted by atomic mass is 10.1. The van der Waals surface area contributed by atoms with Gasteiger partial charge in [0.25, 0.3) is 0 Å². The van der Waals surface area contributed by atoms with Gasteiger partial charge in [0.15, 0.2) is 0 Å². The third kappa shape index (κ3) is 5.56. The van der Waals surface area contributed by atoms with Gasteiger partial charge in [-0.3, -0.25) is 4.79 Å². The predicted octanol–water partition coefficient (Wildman–Crippen LogP) is 3.60. The van der Waals surface area contributed by atoms with Gasteiger partial charge < -0.3 is 15.2 Å². The molecule has 140 valence electrons. The first-order chi connectivity index (χ1) is 12.3. The Morgan fingerprint density at radius 1 is 1.23 bits per heavy atom. The number of aromatic nitrogens is 1. The lowest BCUT2D eigenvalue weighted by Crippen LogP contribution is -2.28. The zero-order valence-electron chi connectivity index (χ0n) is 15.4. The number of carbonyl (C=O) groups is 2. The van der Waals surface area contributed by atoms with Crippen LogP contribution in [0.1, 0.15) is 52.7 Å². The Morgan fingerprint density at radius 3 is 2.42 bits per heavy atom. The lowest BCUT2D eigenvalue weighted by Gasteiger charge is -2.12. The summed E-state index contributed by atoms with van der Waals surface area (Å²) in [6, 6.07) is 7.12. The van der Waals surface area contributed by atoms with E-state index in [-0.39, 0.29) is 23.2 Å². The number of hydrogen-bond acceptors (Lipinski definition) is 5. The molecule has 26 heavy (non-hydrogen) atoms. The molecule has 2 aromatic rings. The number of carbonyl (C=O) groups excluding carboxylic acids is 1. The molecule has 2 N–H and O–H groups in total. The Bertz CT molecular complexity index is 768. The number of nitrogens with zero attached hydrogens (tertiary/aromatic N) is 1. The molecule has 7 heteroatoms. The molecule has 0 aliphatic heterocycles. The first kappa shape index (κ1) is 19.9. The van der Waals surface area contributed by atoms with Crippen molar-refractivity contribution in [1.82, 2.24) is 10.3 Å². The van der Waals surface area contributed by atoms with E-state index >= 15 is 0 Å². The predicted molar refractivity (Wildman–Crippen MR) is 101 cm³/mol. The number of nitrogens with one attached hydrogen (secondary N) is 1. The van der Waals surface area contributed by atoms with Crippen molar-refractivity contribution in [3.8, 4) is 5.75 Å². The number of carboxylic acid groups (broad SMARTS) is 1. The van der Waals surface area contributed by atoms with E-state index in [2.05, 4.69) is 24.1 Å². The summed E-state index contributed by atoms with van der Waals surface area (Å²) in [6.07, 6.45) is 0.241. The molecule has 0 aliphatic rings. The summed E-state index contributed by atoms with van der Waals surface area (Å²) < 4.78 is 5.63. The molecular weight excluding hydrogens is 352 g/mol. The van der Waals surface area contributed by atoms with Gasteiger partial charge in [-0.15, -0.1) is 11.3 Å². The number of rotatable bonds is 8. The monoisotopic (exact) mass is 376 g/mol. The van der Waals surface area contributed by atoms with Gasteiger partial charge in [-0.1, -0.05) is 26.0 Å². The number of hydrogen-bond donors (Lipinski definition) is 2. The standard InChI is InChI=1S/C19H24N2O4S/c1-11(2)10-25-15-7-5-14(6-8-15)9-16(22)20-13(4)18-21-12(3)17(26-18)19(23)24/h5-8,11,13H,9-10H2,1-4H3,(H,20,22)(H,23,24).